The standard InChI is InChI=1S/C15H31NOS/c1-5-14(10-18-4)16(3)11-15(12-17)8-6-7-13(2)9-15/h13-14,17H,5-12H2,1-4H3. The van der Waals surface area contributed by atoms with Crippen LogP contribution in [0.3, 0.4) is 0 Å². The molecule has 0 spiro atoms. The fraction of sp³-hybridized carbons (Fsp3) is 1.00. The van der Waals surface area contributed by atoms with E-state index in [2.05, 4.69) is 32.1 Å². The van der Waals surface area contributed by atoms with Crippen LogP contribution in [0.1, 0.15) is 46.0 Å². The fourth-order valence-electron chi connectivity index (χ4n) is 3.51. The summed E-state index contributed by atoms with van der Waals surface area (Å²) in [6.07, 6.45) is 8.41. The molecule has 0 heterocycles. The van der Waals surface area contributed by atoms with Crippen molar-refractivity contribution in [2.45, 2.75) is 52.0 Å². The molecule has 0 bridgehead atoms. The van der Waals surface area contributed by atoms with E-state index in [4.69, 9.17) is 0 Å². The Morgan fingerprint density at radius 2 is 2.22 bits per heavy atom. The Morgan fingerprint density at radius 1 is 1.50 bits per heavy atom. The summed E-state index contributed by atoms with van der Waals surface area (Å²) in [6, 6.07) is 0.653. The third-order valence-electron chi connectivity index (χ3n) is 4.56. The Labute approximate surface area is 118 Å². The van der Waals surface area contributed by atoms with Gasteiger partial charge in [-0.15, -0.1) is 0 Å². The van der Waals surface area contributed by atoms with Crippen LogP contribution >= 0.6 is 11.8 Å². The normalized spacial score (nSPS) is 30.7. The molecule has 0 aliphatic heterocycles. The van der Waals surface area contributed by atoms with Gasteiger partial charge in [-0.05, 0) is 38.5 Å². The summed E-state index contributed by atoms with van der Waals surface area (Å²) in [5.41, 5.74) is 0.165. The lowest BCUT2D eigenvalue weighted by molar-refractivity contribution is 0.0218. The van der Waals surface area contributed by atoms with Crippen molar-refractivity contribution in [1.29, 1.82) is 0 Å². The maximum absolute atomic E-state index is 9.86. The van der Waals surface area contributed by atoms with E-state index in [9.17, 15) is 5.11 Å². The predicted molar refractivity (Wildman–Crippen MR) is 82.2 cm³/mol. The highest BCUT2D eigenvalue weighted by Crippen LogP contribution is 2.39. The number of aliphatic hydroxyl groups is 1. The number of nitrogens with zero attached hydrogens (tertiary/aromatic N) is 1. The van der Waals surface area contributed by atoms with E-state index in [1.54, 1.807) is 0 Å². The quantitative estimate of drug-likeness (QED) is 0.770. The van der Waals surface area contributed by atoms with E-state index in [0.717, 1.165) is 12.5 Å². The number of thioether (sulfide) groups is 1. The van der Waals surface area contributed by atoms with Crippen LogP contribution in [0, 0.1) is 11.3 Å². The van der Waals surface area contributed by atoms with Crippen molar-refractivity contribution in [3.05, 3.63) is 0 Å². The first kappa shape index (κ1) is 16.3. The zero-order valence-electron chi connectivity index (χ0n) is 12.6. The van der Waals surface area contributed by atoms with E-state index < -0.39 is 0 Å². The number of rotatable bonds is 7. The molecule has 1 fully saturated rings. The Morgan fingerprint density at radius 3 is 2.72 bits per heavy atom. The van der Waals surface area contributed by atoms with Crippen LogP contribution in [-0.2, 0) is 0 Å². The van der Waals surface area contributed by atoms with Gasteiger partial charge < -0.3 is 10.0 Å². The van der Waals surface area contributed by atoms with Crippen LogP contribution in [0.25, 0.3) is 0 Å². The maximum atomic E-state index is 9.86. The molecule has 1 aliphatic rings. The summed E-state index contributed by atoms with van der Waals surface area (Å²) in [4.78, 5) is 2.49. The summed E-state index contributed by atoms with van der Waals surface area (Å²) in [6.45, 7) is 6.03. The Hall–Kier alpha value is 0.270. The molecule has 3 heteroatoms. The summed E-state index contributed by atoms with van der Waals surface area (Å²) < 4.78 is 0. The highest BCUT2D eigenvalue weighted by atomic mass is 32.2. The zero-order valence-corrected chi connectivity index (χ0v) is 13.4. The lowest BCUT2D eigenvalue weighted by Crippen LogP contribution is -2.46. The Kier molecular flexibility index (Phi) is 7.04. The van der Waals surface area contributed by atoms with Crippen molar-refractivity contribution in [2.24, 2.45) is 11.3 Å². The maximum Gasteiger partial charge on any atom is 0.0499 e. The van der Waals surface area contributed by atoms with Crippen LogP contribution in [0.15, 0.2) is 0 Å². The molecule has 0 aromatic rings. The summed E-state index contributed by atoms with van der Waals surface area (Å²) in [5.74, 6) is 1.98. The predicted octanol–water partition coefficient (Wildman–Crippen LogP) is 3.25. The minimum atomic E-state index is 0.165. The minimum Gasteiger partial charge on any atom is -0.396 e. The van der Waals surface area contributed by atoms with Crippen LogP contribution in [0.4, 0.5) is 0 Å². The zero-order chi connectivity index (χ0) is 13.6. The third-order valence-corrected chi connectivity index (χ3v) is 5.28. The summed E-state index contributed by atoms with van der Waals surface area (Å²) in [7, 11) is 2.24. The van der Waals surface area contributed by atoms with E-state index in [1.807, 2.05) is 11.8 Å². The van der Waals surface area contributed by atoms with Gasteiger partial charge in [-0.25, -0.2) is 0 Å². The van der Waals surface area contributed by atoms with Gasteiger partial charge >= 0.3 is 0 Å². The summed E-state index contributed by atoms with van der Waals surface area (Å²) in [5, 5.41) is 9.86. The van der Waals surface area contributed by atoms with E-state index in [1.165, 1.54) is 37.9 Å². The third kappa shape index (κ3) is 4.43. The number of hydrogen-bond acceptors (Lipinski definition) is 3. The van der Waals surface area contributed by atoms with Gasteiger partial charge in [0.05, 0.1) is 0 Å². The molecule has 0 aromatic carbocycles. The van der Waals surface area contributed by atoms with Gasteiger partial charge in [0.15, 0.2) is 0 Å². The van der Waals surface area contributed by atoms with Gasteiger partial charge in [0, 0.05) is 30.4 Å². The van der Waals surface area contributed by atoms with Gasteiger partial charge in [-0.2, -0.15) is 11.8 Å². The molecule has 0 aromatic heterocycles. The first-order valence-corrected chi connectivity index (χ1v) is 8.76. The Balaban J connectivity index is 2.60. The number of aliphatic hydroxyl groups excluding tert-OH is 1. The van der Waals surface area contributed by atoms with E-state index >= 15 is 0 Å². The monoisotopic (exact) mass is 273 g/mol. The number of hydrogen-bond donors (Lipinski definition) is 1. The second kappa shape index (κ2) is 7.76. The average molecular weight is 273 g/mol. The molecular formula is C15H31NOS. The lowest BCUT2D eigenvalue weighted by atomic mass is 9.70. The molecule has 0 radical (unpaired) electrons. The van der Waals surface area contributed by atoms with Gasteiger partial charge in [-0.1, -0.05) is 26.7 Å². The Bertz CT molecular complexity index is 237. The highest BCUT2D eigenvalue weighted by Gasteiger charge is 2.36. The molecule has 1 saturated carbocycles. The molecule has 1 N–H and O–H groups in total. The molecule has 108 valence electrons. The van der Waals surface area contributed by atoms with E-state index in [-0.39, 0.29) is 5.41 Å². The SMILES string of the molecule is CCC(CSC)N(C)CC1(CO)CCCC(C)C1. The van der Waals surface area contributed by atoms with E-state index in [0.29, 0.717) is 12.6 Å². The van der Waals surface area contributed by atoms with Gasteiger partial charge in [0.2, 0.25) is 0 Å². The molecule has 1 rings (SSSR count). The summed E-state index contributed by atoms with van der Waals surface area (Å²) >= 11 is 1.93. The molecule has 0 saturated heterocycles. The molecule has 2 nitrogen and oxygen atoms in total. The van der Waals surface area contributed by atoms with Crippen LogP contribution in [-0.4, -0.2) is 48.3 Å². The smallest absolute Gasteiger partial charge is 0.0499 e. The lowest BCUT2D eigenvalue weighted by Gasteiger charge is -2.43. The highest BCUT2D eigenvalue weighted by molar-refractivity contribution is 7.98. The van der Waals surface area contributed by atoms with Crippen molar-refractivity contribution in [3.8, 4) is 0 Å². The van der Waals surface area contributed by atoms with Gasteiger partial charge in [0.1, 0.15) is 0 Å². The second-order valence-corrected chi connectivity index (χ2v) is 7.20. The largest absolute Gasteiger partial charge is 0.396 e. The van der Waals surface area contributed by atoms with Gasteiger partial charge in [0.25, 0.3) is 0 Å². The molecule has 3 atom stereocenters. The first-order valence-electron chi connectivity index (χ1n) is 7.37. The van der Waals surface area contributed by atoms with Crippen molar-refractivity contribution < 1.29 is 5.11 Å². The van der Waals surface area contributed by atoms with Crippen LogP contribution < -0.4 is 0 Å². The molecule has 18 heavy (non-hydrogen) atoms. The van der Waals surface area contributed by atoms with Crippen LogP contribution in [0.5, 0.6) is 0 Å². The van der Waals surface area contributed by atoms with Crippen molar-refractivity contribution in [1.82, 2.24) is 4.90 Å². The van der Waals surface area contributed by atoms with Crippen molar-refractivity contribution >= 4 is 11.8 Å². The van der Waals surface area contributed by atoms with Gasteiger partial charge in [-0.3, -0.25) is 0 Å². The molecule has 3 unspecified atom stereocenters. The molecule has 1 aliphatic carbocycles. The first-order chi connectivity index (χ1) is 8.56. The molecule has 0 amide bonds. The van der Waals surface area contributed by atoms with Crippen LogP contribution in [0.2, 0.25) is 0 Å². The van der Waals surface area contributed by atoms with Crippen molar-refractivity contribution in [3.63, 3.8) is 0 Å². The fourth-order valence-corrected chi connectivity index (χ4v) is 4.39. The minimum absolute atomic E-state index is 0.165. The average Bonchev–Trinajstić information content (AvgIpc) is 2.35. The topological polar surface area (TPSA) is 23.5 Å². The van der Waals surface area contributed by atoms with Crippen molar-refractivity contribution in [2.75, 3.05) is 32.2 Å². The molecular weight excluding hydrogens is 242 g/mol. The second-order valence-electron chi connectivity index (χ2n) is 6.29.